The first-order valence-electron chi connectivity index (χ1n) is 15.8. The number of halogens is 5. The molecule has 0 aromatic heterocycles. The number of benzene rings is 3. The Hall–Kier alpha value is -1.87. The van der Waals surface area contributed by atoms with Gasteiger partial charge in [0.25, 0.3) is 0 Å². The Morgan fingerprint density at radius 2 is 1.30 bits per heavy atom. The van der Waals surface area contributed by atoms with Gasteiger partial charge in [0.2, 0.25) is 0 Å². The van der Waals surface area contributed by atoms with Crippen LogP contribution in [0.25, 0.3) is 11.1 Å². The minimum atomic E-state index is -4.22. The summed E-state index contributed by atoms with van der Waals surface area (Å²) in [6.07, 6.45) is -2.04. The van der Waals surface area contributed by atoms with Gasteiger partial charge in [0.05, 0.1) is 0 Å². The van der Waals surface area contributed by atoms with Crippen LogP contribution in [0.3, 0.4) is 0 Å². The molecule has 0 heterocycles. The van der Waals surface area contributed by atoms with Crippen molar-refractivity contribution < 1.29 is 62.2 Å². The Morgan fingerprint density at radius 3 is 1.74 bits per heavy atom. The molecule has 0 fully saturated rings. The molecule has 4 aromatic carbocycles. The normalized spacial score (nSPS) is 12.3. The molecule has 47 heavy (non-hydrogen) atoms. The zero-order chi connectivity index (χ0) is 34.0. The molecular weight excluding hydrogens is 712 g/mol. The van der Waals surface area contributed by atoms with Crippen LogP contribution >= 0.6 is 0 Å². The van der Waals surface area contributed by atoms with E-state index in [0.717, 1.165) is 30.5 Å². The summed E-state index contributed by atoms with van der Waals surface area (Å²) in [7, 11) is 0. The van der Waals surface area contributed by atoms with Gasteiger partial charge < -0.3 is 24.8 Å². The summed E-state index contributed by atoms with van der Waals surface area (Å²) in [4.78, 5) is 0. The molecule has 0 saturated heterocycles. The van der Waals surface area contributed by atoms with Gasteiger partial charge in [-0.25, -0.2) is 6.07 Å². The standard InChI is InChI=1S/C21H25.C12H19.C8H5F3.2ClH.Zr/c1-20(2,3)16-7-9-18-14(12-16)11-15-13-17(21(4,5)6)8-10-19(15)18;1-6-10-7-9(2)8-11(10)12(3,4)5;1-6-2-4-7(5-3-6)8(9,10)11;;;/h7-10,12H,11H2,1-6H3;7-8H,6H2,1-5H3;1-5H;2*1H;/q2*-1;;;;+2/p-2. The molecule has 5 rings (SSSR count). The Kier molecular flexibility index (Phi) is 15.3. The van der Waals surface area contributed by atoms with Crippen LogP contribution in [0.2, 0.25) is 0 Å². The van der Waals surface area contributed by atoms with Crippen molar-refractivity contribution in [2.24, 2.45) is 0 Å². The largest absolute Gasteiger partial charge is 1.00 e. The third kappa shape index (κ3) is 11.6. The van der Waals surface area contributed by atoms with E-state index in [1.54, 1.807) is 0 Å². The van der Waals surface area contributed by atoms with Crippen LogP contribution in [0.5, 0.6) is 0 Å². The molecular formula is C41H49Cl2F3Zr-2. The van der Waals surface area contributed by atoms with Gasteiger partial charge in [0.15, 0.2) is 0 Å². The first kappa shape index (κ1) is 43.2. The van der Waals surface area contributed by atoms with Crippen LogP contribution in [0.4, 0.5) is 13.2 Å². The maximum absolute atomic E-state index is 12.0. The zero-order valence-electron chi connectivity index (χ0n) is 29.7. The predicted octanol–water partition coefficient (Wildman–Crippen LogP) is 5.64. The number of rotatable bonds is 2. The molecule has 0 N–H and O–H groups in total. The predicted molar refractivity (Wildman–Crippen MR) is 182 cm³/mol. The summed E-state index contributed by atoms with van der Waals surface area (Å²) in [5.74, 6) is 0. The molecule has 0 saturated carbocycles. The van der Waals surface area contributed by atoms with Crippen molar-refractivity contribution in [3.63, 3.8) is 0 Å². The van der Waals surface area contributed by atoms with E-state index in [4.69, 9.17) is 0 Å². The van der Waals surface area contributed by atoms with Crippen molar-refractivity contribution in [3.05, 3.63) is 123 Å². The summed E-state index contributed by atoms with van der Waals surface area (Å²) in [6.45, 7) is 24.8. The molecule has 1 aliphatic carbocycles. The average Bonchev–Trinajstić information content (AvgIpc) is 3.51. The van der Waals surface area contributed by atoms with E-state index in [-0.39, 0.29) is 35.6 Å². The quantitative estimate of drug-likeness (QED) is 0.205. The summed E-state index contributed by atoms with van der Waals surface area (Å²) < 4.78 is 37.9. The van der Waals surface area contributed by atoms with E-state index >= 15 is 0 Å². The van der Waals surface area contributed by atoms with E-state index in [1.165, 1.54) is 86.4 Å². The van der Waals surface area contributed by atoms with Crippen molar-refractivity contribution in [1.29, 1.82) is 0 Å². The number of hydrogen-bond donors (Lipinski definition) is 0. The van der Waals surface area contributed by atoms with Gasteiger partial charge in [0, 0.05) is 0 Å². The van der Waals surface area contributed by atoms with Crippen LogP contribution in [0.15, 0.2) is 66.7 Å². The minimum Gasteiger partial charge on any atom is -1.00 e. The molecule has 0 bridgehead atoms. The first-order valence-corrected chi connectivity index (χ1v) is 17.2. The minimum absolute atomic E-state index is 0. The molecule has 6 heteroatoms. The SMILES string of the molecule is CC(C)(C)c1[c-]c2c(cc1)-c1ccc(C(C)(C)C)cc1C2.CCc1[cH-]c(C)cc1C(C)(C)C.FC(F)(F)c1ccc([CH]=[Zr+2])cc1.[Cl-].[Cl-]. The summed E-state index contributed by atoms with van der Waals surface area (Å²) in [5, 5.41) is 0. The fourth-order valence-corrected chi connectivity index (χ4v) is 5.97. The Labute approximate surface area is 309 Å². The van der Waals surface area contributed by atoms with Gasteiger partial charge in [-0.05, 0) is 28.4 Å². The third-order valence-corrected chi connectivity index (χ3v) is 9.00. The molecule has 0 amide bonds. The van der Waals surface area contributed by atoms with Gasteiger partial charge in [-0.3, -0.25) is 0 Å². The maximum atomic E-state index is 12.0. The van der Waals surface area contributed by atoms with Crippen molar-refractivity contribution in [1.82, 2.24) is 0 Å². The Balaban J connectivity index is 0.000000369. The molecule has 254 valence electrons. The second-order valence-electron chi connectivity index (χ2n) is 15.2. The van der Waals surface area contributed by atoms with Gasteiger partial charge >= 0.3 is 82.7 Å². The second kappa shape index (κ2) is 16.7. The van der Waals surface area contributed by atoms with Gasteiger partial charge in [0.1, 0.15) is 0 Å². The second-order valence-corrected chi connectivity index (χ2v) is 15.9. The zero-order valence-corrected chi connectivity index (χ0v) is 33.7. The van der Waals surface area contributed by atoms with E-state index in [0.29, 0.717) is 5.41 Å². The summed E-state index contributed by atoms with van der Waals surface area (Å²) >= 11 is 1.18. The van der Waals surface area contributed by atoms with Gasteiger partial charge in [-0.2, -0.15) is 46.5 Å². The monoisotopic (exact) mass is 758 g/mol. The van der Waals surface area contributed by atoms with Crippen LogP contribution < -0.4 is 24.8 Å². The van der Waals surface area contributed by atoms with E-state index < -0.39 is 11.7 Å². The average molecular weight is 761 g/mol. The van der Waals surface area contributed by atoms with Crippen LogP contribution in [-0.2, 0) is 59.5 Å². The number of alkyl halides is 3. The number of fused-ring (bicyclic) bond motifs is 3. The molecule has 0 nitrogen and oxygen atoms in total. The van der Waals surface area contributed by atoms with Crippen molar-refractivity contribution in [2.45, 2.75) is 111 Å². The van der Waals surface area contributed by atoms with Crippen LogP contribution in [0.1, 0.15) is 119 Å². The van der Waals surface area contributed by atoms with Crippen molar-refractivity contribution in [2.75, 3.05) is 0 Å². The van der Waals surface area contributed by atoms with Crippen molar-refractivity contribution in [3.8, 4) is 11.1 Å². The third-order valence-electron chi connectivity index (χ3n) is 8.18. The van der Waals surface area contributed by atoms with E-state index in [9.17, 15) is 13.2 Å². The Bertz CT molecular complexity index is 1550. The molecule has 4 aromatic rings. The van der Waals surface area contributed by atoms with Gasteiger partial charge in [-0.15, -0.1) is 11.1 Å². The molecule has 1 aliphatic rings. The Morgan fingerprint density at radius 1 is 0.745 bits per heavy atom. The number of hydrogen-bond acceptors (Lipinski definition) is 0. The van der Waals surface area contributed by atoms with E-state index in [2.05, 4.69) is 125 Å². The van der Waals surface area contributed by atoms with Crippen molar-refractivity contribution >= 4 is 3.71 Å². The summed E-state index contributed by atoms with van der Waals surface area (Å²) in [5.41, 5.74) is 13.7. The fourth-order valence-electron chi connectivity index (χ4n) is 5.50. The van der Waals surface area contributed by atoms with Gasteiger partial charge in [-0.1, -0.05) is 112 Å². The smallest absolute Gasteiger partial charge is 1.00 e. The molecule has 0 aliphatic heterocycles. The molecule has 0 radical (unpaired) electrons. The van der Waals surface area contributed by atoms with Crippen LogP contribution in [-0.4, -0.2) is 3.71 Å². The molecule has 0 unspecified atom stereocenters. The van der Waals surface area contributed by atoms with E-state index in [1.807, 2.05) is 3.71 Å². The number of aryl methyl sites for hydroxylation is 2. The van der Waals surface area contributed by atoms with Crippen LogP contribution in [0, 0.1) is 13.0 Å². The maximum Gasteiger partial charge on any atom is -1.00 e. The summed E-state index contributed by atoms with van der Waals surface area (Å²) in [6, 6.07) is 24.9. The topological polar surface area (TPSA) is 0 Å². The first-order chi connectivity index (χ1) is 20.6. The molecule has 0 atom stereocenters. The fraction of sp³-hybridized carbons (Fsp3) is 0.415. The molecule has 0 spiro atoms.